The van der Waals surface area contributed by atoms with Gasteiger partial charge in [0, 0.05) is 40.7 Å². The highest BCUT2D eigenvalue weighted by Crippen LogP contribution is 2.28. The Balaban J connectivity index is 2.03. The molecular formula is C14H17BrN2. The molecule has 1 N–H and O–H groups in total. The molecule has 0 saturated heterocycles. The third kappa shape index (κ3) is 2.02. The quantitative estimate of drug-likeness (QED) is 0.916. The zero-order valence-corrected chi connectivity index (χ0v) is 11.8. The Labute approximate surface area is 110 Å². The number of aromatic nitrogens is 1. The average Bonchev–Trinajstić information content (AvgIpc) is 3.09. The van der Waals surface area contributed by atoms with Crippen molar-refractivity contribution in [1.82, 2.24) is 9.88 Å². The number of fused-ring (bicyclic) bond motifs is 1. The summed E-state index contributed by atoms with van der Waals surface area (Å²) in [6, 6.07) is 7.28. The van der Waals surface area contributed by atoms with E-state index in [2.05, 4.69) is 58.0 Å². The molecule has 2 aromatic rings. The van der Waals surface area contributed by atoms with Crippen molar-refractivity contribution in [3.8, 4) is 0 Å². The van der Waals surface area contributed by atoms with Crippen molar-refractivity contribution in [2.45, 2.75) is 32.4 Å². The zero-order chi connectivity index (χ0) is 12.0. The van der Waals surface area contributed by atoms with Crippen molar-refractivity contribution in [1.29, 1.82) is 0 Å². The minimum Gasteiger partial charge on any atom is -0.346 e. The fourth-order valence-electron chi connectivity index (χ4n) is 2.43. The van der Waals surface area contributed by atoms with Crippen LogP contribution in [0, 0.1) is 6.92 Å². The van der Waals surface area contributed by atoms with Crippen molar-refractivity contribution in [3.63, 3.8) is 0 Å². The molecule has 17 heavy (non-hydrogen) atoms. The van der Waals surface area contributed by atoms with E-state index >= 15 is 0 Å². The first kappa shape index (κ1) is 11.3. The first-order chi connectivity index (χ1) is 8.16. The molecule has 3 heteroatoms. The van der Waals surface area contributed by atoms with Gasteiger partial charge in [-0.15, -0.1) is 0 Å². The second-order valence-corrected chi connectivity index (χ2v) is 5.86. The van der Waals surface area contributed by atoms with Crippen LogP contribution in [-0.2, 0) is 13.6 Å². The van der Waals surface area contributed by atoms with Gasteiger partial charge in [0.1, 0.15) is 0 Å². The van der Waals surface area contributed by atoms with Crippen molar-refractivity contribution < 1.29 is 0 Å². The molecule has 90 valence electrons. The third-order valence-electron chi connectivity index (χ3n) is 3.70. The van der Waals surface area contributed by atoms with Crippen LogP contribution in [0.2, 0.25) is 0 Å². The molecule has 1 aliphatic carbocycles. The Hall–Kier alpha value is -0.800. The van der Waals surface area contributed by atoms with Crippen LogP contribution < -0.4 is 5.32 Å². The lowest BCUT2D eigenvalue weighted by molar-refractivity contribution is 0.652. The zero-order valence-electron chi connectivity index (χ0n) is 10.3. The first-order valence-corrected chi connectivity index (χ1v) is 6.93. The highest BCUT2D eigenvalue weighted by molar-refractivity contribution is 9.10. The van der Waals surface area contributed by atoms with E-state index in [1.54, 1.807) is 0 Å². The minimum atomic E-state index is 0.763. The van der Waals surface area contributed by atoms with Crippen LogP contribution in [0.3, 0.4) is 0 Å². The Morgan fingerprint density at radius 2 is 2.18 bits per heavy atom. The van der Waals surface area contributed by atoms with Gasteiger partial charge in [-0.1, -0.05) is 15.9 Å². The van der Waals surface area contributed by atoms with Crippen LogP contribution in [0.25, 0.3) is 10.9 Å². The summed E-state index contributed by atoms with van der Waals surface area (Å²) in [5, 5.41) is 4.95. The number of rotatable bonds is 3. The molecule has 1 aromatic carbocycles. The largest absolute Gasteiger partial charge is 0.346 e. The molecule has 1 aliphatic rings. The number of hydrogen-bond donors (Lipinski definition) is 1. The third-order valence-corrected chi connectivity index (χ3v) is 4.19. The summed E-state index contributed by atoms with van der Waals surface area (Å²) >= 11 is 3.55. The topological polar surface area (TPSA) is 17.0 Å². The summed E-state index contributed by atoms with van der Waals surface area (Å²) in [6.07, 6.45) is 2.68. The molecule has 0 atom stereocenters. The van der Waals surface area contributed by atoms with Crippen molar-refractivity contribution in [2.75, 3.05) is 0 Å². The van der Waals surface area contributed by atoms with Gasteiger partial charge in [0.2, 0.25) is 0 Å². The molecule has 0 radical (unpaired) electrons. The van der Waals surface area contributed by atoms with Crippen molar-refractivity contribution in [2.24, 2.45) is 7.05 Å². The van der Waals surface area contributed by atoms with Crippen LogP contribution in [0.15, 0.2) is 22.7 Å². The normalized spacial score (nSPS) is 15.7. The van der Waals surface area contributed by atoms with E-state index in [0.29, 0.717) is 0 Å². The van der Waals surface area contributed by atoms with Gasteiger partial charge in [-0.25, -0.2) is 0 Å². The van der Waals surface area contributed by atoms with E-state index in [-0.39, 0.29) is 0 Å². The van der Waals surface area contributed by atoms with Crippen LogP contribution in [-0.4, -0.2) is 10.6 Å². The number of nitrogens with one attached hydrogen (secondary N) is 1. The highest BCUT2D eigenvalue weighted by atomic mass is 79.9. The van der Waals surface area contributed by atoms with Gasteiger partial charge in [0.25, 0.3) is 0 Å². The Kier molecular flexibility index (Phi) is 2.75. The summed E-state index contributed by atoms with van der Waals surface area (Å²) in [7, 11) is 2.16. The number of nitrogens with zero attached hydrogens (tertiary/aromatic N) is 1. The molecule has 0 spiro atoms. The molecule has 1 heterocycles. The number of halogens is 1. The summed E-state index contributed by atoms with van der Waals surface area (Å²) in [5.74, 6) is 0. The van der Waals surface area contributed by atoms with Gasteiger partial charge >= 0.3 is 0 Å². The van der Waals surface area contributed by atoms with E-state index in [1.165, 1.54) is 35.0 Å². The standard InChI is InChI=1S/C14H17BrN2/c1-9-12-7-10(15)3-6-13(12)17(2)14(9)8-16-11-4-5-11/h3,6-7,11,16H,4-5,8H2,1-2H3. The van der Waals surface area contributed by atoms with E-state index in [4.69, 9.17) is 0 Å². The Morgan fingerprint density at radius 1 is 1.41 bits per heavy atom. The maximum Gasteiger partial charge on any atom is 0.0483 e. The summed E-state index contributed by atoms with van der Waals surface area (Å²) in [4.78, 5) is 0. The smallest absolute Gasteiger partial charge is 0.0483 e. The van der Waals surface area contributed by atoms with Gasteiger partial charge in [-0.3, -0.25) is 0 Å². The Bertz CT molecular complexity index is 567. The second-order valence-electron chi connectivity index (χ2n) is 4.95. The van der Waals surface area contributed by atoms with Gasteiger partial charge < -0.3 is 9.88 Å². The monoisotopic (exact) mass is 292 g/mol. The van der Waals surface area contributed by atoms with Crippen LogP contribution >= 0.6 is 15.9 Å². The summed E-state index contributed by atoms with van der Waals surface area (Å²) < 4.78 is 3.47. The summed E-state index contributed by atoms with van der Waals surface area (Å²) in [6.45, 7) is 3.21. The summed E-state index contributed by atoms with van der Waals surface area (Å²) in [5.41, 5.74) is 4.13. The molecule has 1 saturated carbocycles. The van der Waals surface area contributed by atoms with Crippen molar-refractivity contribution in [3.05, 3.63) is 33.9 Å². The minimum absolute atomic E-state index is 0.763. The average molecular weight is 293 g/mol. The molecule has 2 nitrogen and oxygen atoms in total. The SMILES string of the molecule is Cc1c(CNC2CC2)n(C)c2ccc(Br)cc12. The lowest BCUT2D eigenvalue weighted by atomic mass is 10.1. The van der Waals surface area contributed by atoms with Gasteiger partial charge in [0.05, 0.1) is 0 Å². The van der Waals surface area contributed by atoms with E-state index in [9.17, 15) is 0 Å². The Morgan fingerprint density at radius 3 is 2.88 bits per heavy atom. The van der Waals surface area contributed by atoms with Crippen LogP contribution in [0.5, 0.6) is 0 Å². The number of hydrogen-bond acceptors (Lipinski definition) is 1. The molecule has 3 rings (SSSR count). The molecule has 0 bridgehead atoms. The fraction of sp³-hybridized carbons (Fsp3) is 0.429. The predicted octanol–water partition coefficient (Wildman–Crippen LogP) is 3.50. The first-order valence-electron chi connectivity index (χ1n) is 6.13. The number of aryl methyl sites for hydroxylation is 2. The molecule has 0 unspecified atom stereocenters. The van der Waals surface area contributed by atoms with Crippen LogP contribution in [0.1, 0.15) is 24.1 Å². The fourth-order valence-corrected chi connectivity index (χ4v) is 2.79. The maximum atomic E-state index is 3.60. The lowest BCUT2D eigenvalue weighted by Crippen LogP contribution is -2.17. The second kappa shape index (κ2) is 4.14. The van der Waals surface area contributed by atoms with Gasteiger partial charge in [-0.2, -0.15) is 0 Å². The predicted molar refractivity (Wildman–Crippen MR) is 75.2 cm³/mol. The van der Waals surface area contributed by atoms with Gasteiger partial charge in [-0.05, 0) is 43.5 Å². The van der Waals surface area contributed by atoms with E-state index in [0.717, 1.165) is 17.1 Å². The molecule has 0 amide bonds. The molecule has 1 fully saturated rings. The molecule has 1 aromatic heterocycles. The van der Waals surface area contributed by atoms with Crippen LogP contribution in [0.4, 0.5) is 0 Å². The number of benzene rings is 1. The van der Waals surface area contributed by atoms with E-state index < -0.39 is 0 Å². The maximum absolute atomic E-state index is 3.60. The molecule has 0 aliphatic heterocycles. The van der Waals surface area contributed by atoms with Crippen molar-refractivity contribution >= 4 is 26.8 Å². The lowest BCUT2D eigenvalue weighted by Gasteiger charge is -2.06. The van der Waals surface area contributed by atoms with Gasteiger partial charge in [0.15, 0.2) is 0 Å². The highest BCUT2D eigenvalue weighted by Gasteiger charge is 2.21. The van der Waals surface area contributed by atoms with E-state index in [1.807, 2.05) is 0 Å². The molecular weight excluding hydrogens is 276 g/mol.